The Morgan fingerprint density at radius 1 is 1.00 bits per heavy atom. The third-order valence-electron chi connectivity index (χ3n) is 3.96. The van der Waals surface area contributed by atoms with E-state index >= 15 is 0 Å². The molecule has 0 aliphatic carbocycles. The number of halogens is 2. The van der Waals surface area contributed by atoms with Gasteiger partial charge in [-0.05, 0) is 30.3 Å². The van der Waals surface area contributed by atoms with Crippen molar-refractivity contribution in [1.82, 2.24) is 20.0 Å². The highest BCUT2D eigenvalue weighted by Gasteiger charge is 2.28. The van der Waals surface area contributed by atoms with Gasteiger partial charge < -0.3 is 0 Å². The number of amides is 4. The average molecular weight is 446 g/mol. The lowest BCUT2D eigenvalue weighted by Crippen LogP contribution is -2.51. The van der Waals surface area contributed by atoms with Crippen LogP contribution in [-0.4, -0.2) is 27.2 Å². The van der Waals surface area contributed by atoms with Crippen LogP contribution in [0.5, 0.6) is 0 Å². The molecule has 0 bridgehead atoms. The zero-order valence-electron chi connectivity index (χ0n) is 13.5. The standard InChI is InChI=1S/C18H10BrClN4O3/c19-10-3-1-9(2-4-10)15-13(24-8-11(20)5-6-14(24)21-15)7-12-16(25)22-18(27)23-17(12)26/h1-8H,(H2,22,23,25,26,27). The fraction of sp³-hybridized carbons (Fsp3) is 0. The summed E-state index contributed by atoms with van der Waals surface area (Å²) in [6, 6.07) is 10.0. The number of nitrogens with zero attached hydrogens (tertiary/aromatic N) is 2. The average Bonchev–Trinajstić information content (AvgIpc) is 2.96. The van der Waals surface area contributed by atoms with Crippen LogP contribution in [0.4, 0.5) is 4.79 Å². The number of pyridine rings is 1. The molecule has 0 atom stereocenters. The van der Waals surface area contributed by atoms with Crippen molar-refractivity contribution in [1.29, 1.82) is 0 Å². The predicted octanol–water partition coefficient (Wildman–Crippen LogP) is 3.17. The summed E-state index contributed by atoms with van der Waals surface area (Å²) >= 11 is 9.50. The Morgan fingerprint density at radius 2 is 1.67 bits per heavy atom. The van der Waals surface area contributed by atoms with Gasteiger partial charge in [-0.2, -0.15) is 0 Å². The Hall–Kier alpha value is -2.97. The van der Waals surface area contributed by atoms with Crippen LogP contribution in [0.1, 0.15) is 5.69 Å². The molecule has 4 amide bonds. The fourth-order valence-corrected chi connectivity index (χ4v) is 3.16. The number of barbiturate groups is 1. The lowest BCUT2D eigenvalue weighted by atomic mass is 10.1. The van der Waals surface area contributed by atoms with Gasteiger partial charge in [0, 0.05) is 16.2 Å². The Kier molecular flexibility index (Phi) is 4.29. The number of imide groups is 2. The van der Waals surface area contributed by atoms with Crippen molar-refractivity contribution in [2.75, 3.05) is 0 Å². The van der Waals surface area contributed by atoms with Crippen molar-refractivity contribution in [3.63, 3.8) is 0 Å². The van der Waals surface area contributed by atoms with Gasteiger partial charge in [0.2, 0.25) is 0 Å². The first kappa shape index (κ1) is 17.4. The van der Waals surface area contributed by atoms with Crippen LogP contribution in [0.25, 0.3) is 23.0 Å². The molecule has 4 rings (SSSR count). The number of imidazole rings is 1. The van der Waals surface area contributed by atoms with E-state index in [9.17, 15) is 14.4 Å². The third-order valence-corrected chi connectivity index (χ3v) is 4.71. The summed E-state index contributed by atoms with van der Waals surface area (Å²) in [5.41, 5.74) is 2.24. The largest absolute Gasteiger partial charge is 0.328 e. The minimum absolute atomic E-state index is 0.199. The third kappa shape index (κ3) is 3.24. The van der Waals surface area contributed by atoms with Crippen LogP contribution in [0.3, 0.4) is 0 Å². The molecule has 7 nitrogen and oxygen atoms in total. The number of fused-ring (bicyclic) bond motifs is 1. The van der Waals surface area contributed by atoms with Crippen LogP contribution in [0.2, 0.25) is 5.02 Å². The van der Waals surface area contributed by atoms with E-state index in [1.165, 1.54) is 6.08 Å². The van der Waals surface area contributed by atoms with Gasteiger partial charge in [-0.1, -0.05) is 39.7 Å². The number of benzene rings is 1. The smallest absolute Gasteiger partial charge is 0.298 e. The first-order valence-corrected chi connectivity index (χ1v) is 8.91. The minimum atomic E-state index is -0.850. The second-order valence-electron chi connectivity index (χ2n) is 5.72. The Labute approximate surface area is 166 Å². The number of urea groups is 1. The SMILES string of the molecule is O=C1NC(=O)C(=Cc2c(-c3ccc(Br)cc3)nc3ccc(Cl)cn23)C(=O)N1. The molecule has 1 aromatic carbocycles. The first-order chi connectivity index (χ1) is 12.9. The van der Waals surface area contributed by atoms with Crippen molar-refractivity contribution >= 4 is 57.1 Å². The normalized spacial score (nSPS) is 14.3. The van der Waals surface area contributed by atoms with Crippen molar-refractivity contribution in [2.45, 2.75) is 0 Å². The predicted molar refractivity (Wildman–Crippen MR) is 103 cm³/mol. The molecule has 2 N–H and O–H groups in total. The zero-order chi connectivity index (χ0) is 19.1. The number of carbonyl (C=O) groups is 3. The van der Waals surface area contributed by atoms with Gasteiger partial charge in [0.15, 0.2) is 0 Å². The van der Waals surface area contributed by atoms with Gasteiger partial charge in [-0.25, -0.2) is 9.78 Å². The summed E-state index contributed by atoms with van der Waals surface area (Å²) in [6.07, 6.45) is 3.03. The van der Waals surface area contributed by atoms with Gasteiger partial charge in [-0.15, -0.1) is 0 Å². The van der Waals surface area contributed by atoms with E-state index in [1.807, 2.05) is 24.3 Å². The van der Waals surface area contributed by atoms with E-state index in [0.29, 0.717) is 22.1 Å². The summed E-state index contributed by atoms with van der Waals surface area (Å²) < 4.78 is 2.59. The first-order valence-electron chi connectivity index (χ1n) is 7.74. The van der Waals surface area contributed by atoms with E-state index in [0.717, 1.165) is 10.0 Å². The quantitative estimate of drug-likeness (QED) is 0.468. The second-order valence-corrected chi connectivity index (χ2v) is 7.08. The number of carbonyl (C=O) groups excluding carboxylic acids is 3. The van der Waals surface area contributed by atoms with Crippen molar-refractivity contribution < 1.29 is 14.4 Å². The van der Waals surface area contributed by atoms with Crippen LogP contribution >= 0.6 is 27.5 Å². The van der Waals surface area contributed by atoms with Gasteiger partial charge in [0.05, 0.1) is 16.4 Å². The molecule has 9 heteroatoms. The molecular formula is C18H10BrClN4O3. The minimum Gasteiger partial charge on any atom is -0.298 e. The molecule has 27 heavy (non-hydrogen) atoms. The lowest BCUT2D eigenvalue weighted by molar-refractivity contribution is -0.123. The number of aromatic nitrogens is 2. The number of hydrogen-bond donors (Lipinski definition) is 2. The van der Waals surface area contributed by atoms with Gasteiger partial charge in [0.1, 0.15) is 11.2 Å². The second kappa shape index (κ2) is 6.64. The van der Waals surface area contributed by atoms with E-state index in [-0.39, 0.29) is 5.57 Å². The van der Waals surface area contributed by atoms with E-state index in [2.05, 4.69) is 31.5 Å². The zero-order valence-corrected chi connectivity index (χ0v) is 15.8. The number of nitrogens with one attached hydrogen (secondary N) is 2. The Bertz CT molecular complexity index is 1130. The summed E-state index contributed by atoms with van der Waals surface area (Å²) in [7, 11) is 0. The molecule has 0 spiro atoms. The highest BCUT2D eigenvalue weighted by molar-refractivity contribution is 9.10. The monoisotopic (exact) mass is 444 g/mol. The molecule has 1 fully saturated rings. The summed E-state index contributed by atoms with van der Waals surface area (Å²) in [5.74, 6) is -1.55. The van der Waals surface area contributed by atoms with Crippen LogP contribution < -0.4 is 10.6 Å². The molecular weight excluding hydrogens is 436 g/mol. The molecule has 3 aromatic rings. The van der Waals surface area contributed by atoms with Crippen molar-refractivity contribution in [3.8, 4) is 11.3 Å². The highest BCUT2D eigenvalue weighted by Crippen LogP contribution is 2.29. The van der Waals surface area contributed by atoms with Gasteiger partial charge in [-0.3, -0.25) is 24.6 Å². The van der Waals surface area contributed by atoms with Crippen molar-refractivity contribution in [3.05, 3.63) is 63.4 Å². The Morgan fingerprint density at radius 3 is 2.33 bits per heavy atom. The maximum absolute atomic E-state index is 12.1. The van der Waals surface area contributed by atoms with Crippen LogP contribution in [-0.2, 0) is 9.59 Å². The maximum Gasteiger partial charge on any atom is 0.328 e. The molecule has 2 aromatic heterocycles. The lowest BCUT2D eigenvalue weighted by Gasteiger charge is -2.14. The van der Waals surface area contributed by atoms with Crippen molar-refractivity contribution in [2.24, 2.45) is 0 Å². The molecule has 1 saturated heterocycles. The molecule has 3 heterocycles. The summed E-state index contributed by atoms with van der Waals surface area (Å²) in [5, 5.41) is 4.58. The Balaban J connectivity index is 1.96. The topological polar surface area (TPSA) is 92.6 Å². The summed E-state index contributed by atoms with van der Waals surface area (Å²) in [4.78, 5) is 40.1. The van der Waals surface area contributed by atoms with Crippen LogP contribution in [0.15, 0.2) is 52.6 Å². The number of hydrogen-bond acceptors (Lipinski definition) is 4. The number of rotatable bonds is 2. The van der Waals surface area contributed by atoms with E-state index in [4.69, 9.17) is 11.6 Å². The fourth-order valence-electron chi connectivity index (χ4n) is 2.74. The molecule has 134 valence electrons. The molecule has 0 radical (unpaired) electrons. The molecule has 1 aliphatic rings. The van der Waals surface area contributed by atoms with Crippen LogP contribution in [0, 0.1) is 0 Å². The molecule has 0 saturated carbocycles. The highest BCUT2D eigenvalue weighted by atomic mass is 79.9. The van der Waals surface area contributed by atoms with E-state index < -0.39 is 17.8 Å². The molecule has 1 aliphatic heterocycles. The van der Waals surface area contributed by atoms with E-state index in [1.54, 1.807) is 22.7 Å². The van der Waals surface area contributed by atoms with Gasteiger partial charge in [0.25, 0.3) is 11.8 Å². The van der Waals surface area contributed by atoms with Gasteiger partial charge >= 0.3 is 6.03 Å². The maximum atomic E-state index is 12.1. The molecule has 0 unspecified atom stereocenters. The summed E-state index contributed by atoms with van der Waals surface area (Å²) in [6.45, 7) is 0.